The number of rotatable bonds is 11. The van der Waals surface area contributed by atoms with E-state index in [1.165, 1.54) is 5.56 Å². The maximum atomic E-state index is 12.9. The highest BCUT2D eigenvalue weighted by Crippen LogP contribution is 2.35. The van der Waals surface area contributed by atoms with Crippen LogP contribution in [0.25, 0.3) is 0 Å². The number of fused-ring (bicyclic) bond motifs is 1. The van der Waals surface area contributed by atoms with Gasteiger partial charge in [0.05, 0.1) is 5.69 Å². The van der Waals surface area contributed by atoms with Crippen LogP contribution in [0.1, 0.15) is 56.4 Å². The third-order valence-electron chi connectivity index (χ3n) is 5.38. The number of hydrogen-bond donors (Lipinski definition) is 2. The molecule has 2 amide bonds. The largest absolute Gasteiger partial charge is 0.354 e. The molecule has 1 aliphatic heterocycles. The standard InChI is InChI=1S/C23H32N4O2S/c1-3-8-18(9-4-2)23(29)25-22-19-15-30-16-20(19)26-27(22)14-21(28)24-13-12-17-10-6-5-7-11-17/h5-7,10-11,18H,3-4,8-9,12-16H2,1-2H3,(H,24,28)(H,25,29). The molecule has 0 saturated heterocycles. The number of benzene rings is 1. The number of nitrogens with zero attached hydrogens (tertiary/aromatic N) is 2. The Balaban J connectivity index is 1.63. The normalized spacial score (nSPS) is 12.8. The van der Waals surface area contributed by atoms with Gasteiger partial charge in [0.25, 0.3) is 0 Å². The van der Waals surface area contributed by atoms with E-state index in [1.54, 1.807) is 16.4 Å². The van der Waals surface area contributed by atoms with Crippen molar-refractivity contribution in [3.8, 4) is 0 Å². The van der Waals surface area contributed by atoms with E-state index in [0.717, 1.165) is 54.9 Å². The Hall–Kier alpha value is -2.28. The molecule has 30 heavy (non-hydrogen) atoms. The number of aromatic nitrogens is 2. The van der Waals surface area contributed by atoms with Gasteiger partial charge in [-0.1, -0.05) is 57.0 Å². The van der Waals surface area contributed by atoms with E-state index in [-0.39, 0.29) is 24.3 Å². The van der Waals surface area contributed by atoms with Crippen LogP contribution in [0.15, 0.2) is 30.3 Å². The molecule has 0 spiro atoms. The zero-order valence-corrected chi connectivity index (χ0v) is 18.8. The summed E-state index contributed by atoms with van der Waals surface area (Å²) < 4.78 is 1.68. The zero-order chi connectivity index (χ0) is 21.3. The van der Waals surface area contributed by atoms with Crippen molar-refractivity contribution < 1.29 is 9.59 Å². The highest BCUT2D eigenvalue weighted by atomic mass is 32.2. The van der Waals surface area contributed by atoms with Gasteiger partial charge in [0.1, 0.15) is 12.4 Å². The van der Waals surface area contributed by atoms with Gasteiger partial charge in [-0.25, -0.2) is 4.68 Å². The summed E-state index contributed by atoms with van der Waals surface area (Å²) in [5.41, 5.74) is 3.24. The molecule has 2 aromatic rings. The highest BCUT2D eigenvalue weighted by Gasteiger charge is 2.26. The Morgan fingerprint density at radius 2 is 1.87 bits per heavy atom. The average Bonchev–Trinajstić information content (AvgIpc) is 3.31. The number of amides is 2. The van der Waals surface area contributed by atoms with Gasteiger partial charge >= 0.3 is 0 Å². The molecule has 162 valence electrons. The lowest BCUT2D eigenvalue weighted by Gasteiger charge is -2.17. The highest BCUT2D eigenvalue weighted by molar-refractivity contribution is 7.98. The van der Waals surface area contributed by atoms with E-state index in [1.807, 2.05) is 18.2 Å². The van der Waals surface area contributed by atoms with E-state index in [9.17, 15) is 9.59 Å². The van der Waals surface area contributed by atoms with Crippen LogP contribution in [-0.2, 0) is 34.1 Å². The van der Waals surface area contributed by atoms with Crippen molar-refractivity contribution in [3.63, 3.8) is 0 Å². The second-order valence-corrected chi connectivity index (χ2v) is 8.76. The molecule has 0 bridgehead atoms. The molecule has 1 aromatic heterocycles. The molecule has 2 N–H and O–H groups in total. The zero-order valence-electron chi connectivity index (χ0n) is 17.9. The van der Waals surface area contributed by atoms with Crippen LogP contribution in [0.4, 0.5) is 5.82 Å². The molecule has 2 heterocycles. The predicted octanol–water partition coefficient (Wildman–Crippen LogP) is 4.14. The molecule has 1 aromatic carbocycles. The van der Waals surface area contributed by atoms with Crippen LogP contribution in [0.3, 0.4) is 0 Å². The third-order valence-corrected chi connectivity index (χ3v) is 6.35. The van der Waals surface area contributed by atoms with E-state index in [0.29, 0.717) is 12.4 Å². The summed E-state index contributed by atoms with van der Waals surface area (Å²) in [6.45, 7) is 4.91. The number of anilines is 1. The number of carbonyl (C=O) groups excluding carboxylic acids is 2. The summed E-state index contributed by atoms with van der Waals surface area (Å²) >= 11 is 1.79. The van der Waals surface area contributed by atoms with Gasteiger partial charge < -0.3 is 10.6 Å². The van der Waals surface area contributed by atoms with Crippen LogP contribution in [0.5, 0.6) is 0 Å². The molecule has 3 rings (SSSR count). The lowest BCUT2D eigenvalue weighted by Crippen LogP contribution is -2.31. The van der Waals surface area contributed by atoms with Crippen molar-refractivity contribution in [3.05, 3.63) is 47.2 Å². The smallest absolute Gasteiger partial charge is 0.241 e. The van der Waals surface area contributed by atoms with E-state index in [2.05, 4.69) is 41.7 Å². The van der Waals surface area contributed by atoms with Crippen molar-refractivity contribution >= 4 is 29.4 Å². The fraction of sp³-hybridized carbons (Fsp3) is 0.522. The second-order valence-electron chi connectivity index (χ2n) is 7.77. The van der Waals surface area contributed by atoms with E-state index in [4.69, 9.17) is 0 Å². The Kier molecular flexibility index (Phi) is 8.37. The molecule has 6 nitrogen and oxygen atoms in total. The SMILES string of the molecule is CCCC(CCC)C(=O)Nc1c2c(nn1CC(=O)NCCc1ccccc1)CSC2. The van der Waals surface area contributed by atoms with Crippen LogP contribution < -0.4 is 10.6 Å². The van der Waals surface area contributed by atoms with Crippen LogP contribution >= 0.6 is 11.8 Å². The molecular weight excluding hydrogens is 396 g/mol. The Morgan fingerprint density at radius 3 is 2.57 bits per heavy atom. The number of thioether (sulfide) groups is 1. The molecule has 0 fully saturated rings. The van der Waals surface area contributed by atoms with Crippen molar-refractivity contribution in [2.75, 3.05) is 11.9 Å². The number of hydrogen-bond acceptors (Lipinski definition) is 4. The molecule has 0 aliphatic carbocycles. The minimum atomic E-state index is -0.0890. The lowest BCUT2D eigenvalue weighted by molar-refractivity contribution is -0.122. The van der Waals surface area contributed by atoms with Gasteiger partial charge in [0.15, 0.2) is 0 Å². The fourth-order valence-electron chi connectivity index (χ4n) is 3.83. The monoisotopic (exact) mass is 428 g/mol. The van der Waals surface area contributed by atoms with Crippen LogP contribution in [0, 0.1) is 5.92 Å². The Morgan fingerprint density at radius 1 is 1.13 bits per heavy atom. The van der Waals surface area contributed by atoms with Gasteiger partial charge in [-0.15, -0.1) is 0 Å². The van der Waals surface area contributed by atoms with Crippen LogP contribution in [-0.4, -0.2) is 28.1 Å². The number of nitrogens with one attached hydrogen (secondary N) is 2. The number of carbonyl (C=O) groups is 2. The quantitative estimate of drug-likeness (QED) is 0.564. The van der Waals surface area contributed by atoms with E-state index < -0.39 is 0 Å². The molecule has 0 saturated carbocycles. The minimum Gasteiger partial charge on any atom is -0.354 e. The molecule has 1 aliphatic rings. The lowest BCUT2D eigenvalue weighted by atomic mass is 9.97. The summed E-state index contributed by atoms with van der Waals surface area (Å²) in [7, 11) is 0. The maximum Gasteiger partial charge on any atom is 0.241 e. The topological polar surface area (TPSA) is 76.0 Å². The van der Waals surface area contributed by atoms with Crippen molar-refractivity contribution in [1.29, 1.82) is 0 Å². The molecule has 0 unspecified atom stereocenters. The van der Waals surface area contributed by atoms with Crippen molar-refractivity contribution in [2.45, 2.75) is 64.0 Å². The second kappa shape index (κ2) is 11.2. The van der Waals surface area contributed by atoms with Crippen molar-refractivity contribution in [1.82, 2.24) is 15.1 Å². The van der Waals surface area contributed by atoms with Gasteiger partial charge in [-0.05, 0) is 24.8 Å². The molecule has 7 heteroatoms. The average molecular weight is 429 g/mol. The van der Waals surface area contributed by atoms with Crippen LogP contribution in [0.2, 0.25) is 0 Å². The summed E-state index contributed by atoms with van der Waals surface area (Å²) in [5, 5.41) is 10.7. The first-order chi connectivity index (χ1) is 14.6. The fourth-order valence-corrected chi connectivity index (χ4v) is 4.86. The first kappa shape index (κ1) is 22.4. The van der Waals surface area contributed by atoms with Gasteiger partial charge in [-0.2, -0.15) is 16.9 Å². The Bertz CT molecular complexity index is 844. The van der Waals surface area contributed by atoms with Crippen molar-refractivity contribution in [2.24, 2.45) is 5.92 Å². The summed E-state index contributed by atoms with van der Waals surface area (Å²) in [6.07, 6.45) is 4.51. The maximum absolute atomic E-state index is 12.9. The Labute approximate surface area is 183 Å². The van der Waals surface area contributed by atoms with Gasteiger partial charge in [-0.3, -0.25) is 9.59 Å². The third kappa shape index (κ3) is 5.88. The predicted molar refractivity (Wildman–Crippen MR) is 122 cm³/mol. The van der Waals surface area contributed by atoms with E-state index >= 15 is 0 Å². The van der Waals surface area contributed by atoms with Gasteiger partial charge in [0.2, 0.25) is 11.8 Å². The first-order valence-electron chi connectivity index (χ1n) is 10.9. The first-order valence-corrected chi connectivity index (χ1v) is 12.1. The van der Waals surface area contributed by atoms with Gasteiger partial charge in [0, 0.05) is 29.5 Å². The molecular formula is C23H32N4O2S. The summed E-state index contributed by atoms with van der Waals surface area (Å²) in [6, 6.07) is 10.1. The summed E-state index contributed by atoms with van der Waals surface area (Å²) in [5.74, 6) is 2.32. The molecule has 0 radical (unpaired) electrons. The minimum absolute atomic E-state index is 0.00718. The summed E-state index contributed by atoms with van der Waals surface area (Å²) in [4.78, 5) is 25.4. The molecule has 0 atom stereocenters.